The normalized spacial score (nSPS) is 11.2. The average Bonchev–Trinajstić information content (AvgIpc) is 2.19. The van der Waals surface area contributed by atoms with E-state index in [-0.39, 0.29) is 5.90 Å². The second kappa shape index (κ2) is 6.10. The molecule has 0 aliphatic carbocycles. The Bertz CT molecular complexity index is 361. The summed E-state index contributed by atoms with van der Waals surface area (Å²) in [7, 11) is 0. The highest BCUT2D eigenvalue weighted by Crippen LogP contribution is 2.27. The highest BCUT2D eigenvalue weighted by Gasteiger charge is 2.28. The molecule has 0 spiro atoms. The Morgan fingerprint density at radius 1 is 1.25 bits per heavy atom. The van der Waals surface area contributed by atoms with E-state index in [2.05, 4.69) is 15.9 Å². The minimum absolute atomic E-state index is 0.314. The lowest BCUT2D eigenvalue weighted by molar-refractivity contribution is 0.300. The standard InChI is InChI=1S/C10H9BrCl3NO/c11-8-3-1-7(2-4-8)5-6-16-9(15)10(12,13)14/h1-4,15H,5-6H2. The van der Waals surface area contributed by atoms with Gasteiger partial charge in [-0.25, -0.2) is 0 Å². The maximum absolute atomic E-state index is 7.31. The van der Waals surface area contributed by atoms with Gasteiger partial charge in [-0.15, -0.1) is 0 Å². The van der Waals surface area contributed by atoms with Crippen molar-refractivity contribution in [1.82, 2.24) is 0 Å². The number of hydrogen-bond donors (Lipinski definition) is 1. The summed E-state index contributed by atoms with van der Waals surface area (Å²) < 4.78 is 4.26. The first-order valence-corrected chi connectivity index (χ1v) is 6.35. The quantitative estimate of drug-likeness (QED) is 0.493. The largest absolute Gasteiger partial charge is 0.478 e. The van der Waals surface area contributed by atoms with Crippen LogP contribution in [0.2, 0.25) is 0 Å². The molecule has 0 atom stereocenters. The summed E-state index contributed by atoms with van der Waals surface area (Å²) in [6.07, 6.45) is 0.663. The molecule has 0 unspecified atom stereocenters. The molecule has 1 N–H and O–H groups in total. The monoisotopic (exact) mass is 343 g/mol. The first-order valence-electron chi connectivity index (χ1n) is 4.42. The van der Waals surface area contributed by atoms with Crippen LogP contribution in [-0.4, -0.2) is 16.3 Å². The number of alkyl halides is 3. The lowest BCUT2D eigenvalue weighted by atomic mass is 10.2. The van der Waals surface area contributed by atoms with E-state index in [4.69, 9.17) is 44.9 Å². The van der Waals surface area contributed by atoms with E-state index in [0.717, 1.165) is 10.0 Å². The Morgan fingerprint density at radius 2 is 1.81 bits per heavy atom. The first kappa shape index (κ1) is 14.1. The second-order valence-corrected chi connectivity index (χ2v) is 6.25. The van der Waals surface area contributed by atoms with Gasteiger partial charge in [-0.2, -0.15) is 0 Å². The van der Waals surface area contributed by atoms with Crippen LogP contribution in [0.25, 0.3) is 0 Å². The molecule has 0 aliphatic heterocycles. The fourth-order valence-electron chi connectivity index (χ4n) is 1.00. The van der Waals surface area contributed by atoms with E-state index < -0.39 is 3.79 Å². The Kier molecular flexibility index (Phi) is 5.38. The van der Waals surface area contributed by atoms with Crippen LogP contribution < -0.4 is 0 Å². The van der Waals surface area contributed by atoms with Crippen molar-refractivity contribution in [3.8, 4) is 0 Å². The van der Waals surface area contributed by atoms with Gasteiger partial charge in [0.2, 0.25) is 5.90 Å². The summed E-state index contributed by atoms with van der Waals surface area (Å²) in [5.41, 5.74) is 1.10. The van der Waals surface area contributed by atoms with Crippen molar-refractivity contribution in [3.63, 3.8) is 0 Å². The highest BCUT2D eigenvalue weighted by atomic mass is 79.9. The van der Waals surface area contributed by atoms with Crippen molar-refractivity contribution in [1.29, 1.82) is 5.41 Å². The minimum Gasteiger partial charge on any atom is -0.478 e. The van der Waals surface area contributed by atoms with Crippen molar-refractivity contribution < 1.29 is 4.74 Å². The molecule has 1 rings (SSSR count). The second-order valence-electron chi connectivity index (χ2n) is 3.05. The van der Waals surface area contributed by atoms with E-state index >= 15 is 0 Å². The van der Waals surface area contributed by atoms with Gasteiger partial charge in [-0.05, 0) is 17.7 Å². The van der Waals surface area contributed by atoms with Crippen LogP contribution in [0.4, 0.5) is 0 Å². The predicted molar refractivity (Wildman–Crippen MR) is 71.8 cm³/mol. The zero-order chi connectivity index (χ0) is 12.2. The number of hydrogen-bond acceptors (Lipinski definition) is 2. The Labute approximate surface area is 117 Å². The fourth-order valence-corrected chi connectivity index (χ4v) is 1.43. The summed E-state index contributed by atoms with van der Waals surface area (Å²) in [4.78, 5) is 0. The fraction of sp³-hybridized carbons (Fsp3) is 0.300. The summed E-state index contributed by atoms with van der Waals surface area (Å²) in [6.45, 7) is 0.314. The summed E-state index contributed by atoms with van der Waals surface area (Å²) in [6, 6.07) is 7.81. The summed E-state index contributed by atoms with van der Waals surface area (Å²) >= 11 is 19.7. The van der Waals surface area contributed by atoms with Crippen LogP contribution in [0.15, 0.2) is 28.7 Å². The molecule has 0 saturated carbocycles. The topological polar surface area (TPSA) is 33.1 Å². The van der Waals surface area contributed by atoms with Crippen LogP contribution >= 0.6 is 50.7 Å². The summed E-state index contributed by atoms with van der Waals surface area (Å²) in [5.74, 6) is -0.352. The van der Waals surface area contributed by atoms with Gasteiger partial charge in [0.25, 0.3) is 3.79 Å². The van der Waals surface area contributed by atoms with Gasteiger partial charge in [-0.1, -0.05) is 62.9 Å². The Hall–Kier alpha value is 0.0400. The van der Waals surface area contributed by atoms with E-state index in [0.29, 0.717) is 13.0 Å². The SMILES string of the molecule is N=C(OCCc1ccc(Br)cc1)C(Cl)(Cl)Cl. The van der Waals surface area contributed by atoms with Crippen LogP contribution in [-0.2, 0) is 11.2 Å². The Balaban J connectivity index is 2.36. The molecule has 1 aromatic rings. The van der Waals surface area contributed by atoms with Gasteiger partial charge in [0.05, 0.1) is 6.61 Å². The van der Waals surface area contributed by atoms with E-state index in [1.54, 1.807) is 0 Å². The van der Waals surface area contributed by atoms with Gasteiger partial charge < -0.3 is 4.74 Å². The molecule has 6 heteroatoms. The van der Waals surface area contributed by atoms with Crippen LogP contribution in [0.5, 0.6) is 0 Å². The van der Waals surface area contributed by atoms with Gasteiger partial charge >= 0.3 is 0 Å². The average molecular weight is 345 g/mol. The third-order valence-corrected chi connectivity index (χ3v) is 2.85. The third kappa shape index (κ3) is 4.91. The first-order chi connectivity index (χ1) is 7.39. The van der Waals surface area contributed by atoms with Crippen LogP contribution in [0.3, 0.4) is 0 Å². The van der Waals surface area contributed by atoms with E-state index in [9.17, 15) is 0 Å². The van der Waals surface area contributed by atoms with E-state index in [1.165, 1.54) is 0 Å². The van der Waals surface area contributed by atoms with Crippen molar-refractivity contribution in [2.24, 2.45) is 0 Å². The van der Waals surface area contributed by atoms with Crippen LogP contribution in [0, 0.1) is 5.41 Å². The number of nitrogens with one attached hydrogen (secondary N) is 1. The molecule has 0 bridgehead atoms. The van der Waals surface area contributed by atoms with Crippen molar-refractivity contribution in [2.75, 3.05) is 6.61 Å². The molecule has 16 heavy (non-hydrogen) atoms. The van der Waals surface area contributed by atoms with Crippen molar-refractivity contribution >= 4 is 56.6 Å². The zero-order valence-corrected chi connectivity index (χ0v) is 12.0. The smallest absolute Gasteiger partial charge is 0.265 e. The molecular weight excluding hydrogens is 336 g/mol. The van der Waals surface area contributed by atoms with Gasteiger partial charge in [-0.3, -0.25) is 5.41 Å². The van der Waals surface area contributed by atoms with Crippen molar-refractivity contribution in [2.45, 2.75) is 10.2 Å². The highest BCUT2D eigenvalue weighted by molar-refractivity contribution is 9.10. The van der Waals surface area contributed by atoms with Gasteiger partial charge in [0.1, 0.15) is 0 Å². The molecule has 88 valence electrons. The molecule has 0 heterocycles. The lowest BCUT2D eigenvalue weighted by Gasteiger charge is -2.13. The predicted octanol–water partition coefficient (Wildman–Crippen LogP) is 4.36. The molecule has 0 fully saturated rings. The molecule has 0 saturated heterocycles. The number of benzene rings is 1. The Morgan fingerprint density at radius 3 is 2.31 bits per heavy atom. The number of ether oxygens (including phenoxy) is 1. The van der Waals surface area contributed by atoms with E-state index in [1.807, 2.05) is 24.3 Å². The van der Waals surface area contributed by atoms with Gasteiger partial charge in [0.15, 0.2) is 0 Å². The van der Waals surface area contributed by atoms with Gasteiger partial charge in [0, 0.05) is 10.9 Å². The zero-order valence-electron chi connectivity index (χ0n) is 8.14. The summed E-state index contributed by atoms with van der Waals surface area (Å²) in [5, 5.41) is 7.31. The molecule has 0 aliphatic rings. The maximum Gasteiger partial charge on any atom is 0.265 e. The minimum atomic E-state index is -1.78. The molecule has 2 nitrogen and oxygen atoms in total. The molecular formula is C10H9BrCl3NO. The number of rotatable bonds is 3. The third-order valence-electron chi connectivity index (χ3n) is 1.81. The molecule has 0 radical (unpaired) electrons. The number of halogens is 4. The lowest BCUT2D eigenvalue weighted by Crippen LogP contribution is -2.22. The molecule has 1 aromatic carbocycles. The molecule has 0 amide bonds. The maximum atomic E-state index is 7.31. The van der Waals surface area contributed by atoms with Crippen LogP contribution in [0.1, 0.15) is 5.56 Å². The molecule has 0 aromatic heterocycles. The van der Waals surface area contributed by atoms with Crippen molar-refractivity contribution in [3.05, 3.63) is 34.3 Å².